The van der Waals surface area contributed by atoms with Crippen LogP contribution in [0.4, 0.5) is 0 Å². The summed E-state index contributed by atoms with van der Waals surface area (Å²) in [6, 6.07) is 0. The van der Waals surface area contributed by atoms with Crippen molar-refractivity contribution >= 4 is 21.8 Å². The highest BCUT2D eigenvalue weighted by atomic mass is 79.9. The van der Waals surface area contributed by atoms with Crippen LogP contribution in [0.1, 0.15) is 16.2 Å². The normalized spacial score (nSPS) is 16.6. The van der Waals surface area contributed by atoms with Crippen molar-refractivity contribution in [3.8, 4) is 0 Å². The molecule has 0 unspecified atom stereocenters. The number of morpholine rings is 1. The van der Waals surface area contributed by atoms with Gasteiger partial charge in [0, 0.05) is 33.2 Å². The SMILES string of the molecule is Cc1nn(C)c(C(=O)NCCN2CCOCC2)c1Br. The zero-order valence-corrected chi connectivity index (χ0v) is 12.9. The largest absolute Gasteiger partial charge is 0.379 e. The third kappa shape index (κ3) is 3.55. The van der Waals surface area contributed by atoms with Gasteiger partial charge in [-0.2, -0.15) is 5.10 Å². The number of carbonyl (C=O) groups excluding carboxylic acids is 1. The van der Waals surface area contributed by atoms with Crippen molar-refractivity contribution in [1.29, 1.82) is 0 Å². The van der Waals surface area contributed by atoms with Gasteiger partial charge >= 0.3 is 0 Å². The first-order valence-electron chi connectivity index (χ1n) is 6.37. The lowest BCUT2D eigenvalue weighted by Gasteiger charge is -2.26. The van der Waals surface area contributed by atoms with Gasteiger partial charge in [0.05, 0.1) is 23.4 Å². The molecule has 7 heteroatoms. The third-order valence-electron chi connectivity index (χ3n) is 3.18. The van der Waals surface area contributed by atoms with Gasteiger partial charge in [0.15, 0.2) is 0 Å². The minimum absolute atomic E-state index is 0.0942. The molecule has 0 saturated carbocycles. The maximum atomic E-state index is 12.1. The Balaban J connectivity index is 1.84. The Kier molecular flexibility index (Phi) is 4.95. The number of halogens is 1. The summed E-state index contributed by atoms with van der Waals surface area (Å²) in [7, 11) is 1.77. The molecule has 1 N–H and O–H groups in total. The maximum absolute atomic E-state index is 12.1. The summed E-state index contributed by atoms with van der Waals surface area (Å²) in [4.78, 5) is 14.4. The van der Waals surface area contributed by atoms with Crippen LogP contribution in [0.2, 0.25) is 0 Å². The molecule has 2 heterocycles. The number of aryl methyl sites for hydroxylation is 2. The smallest absolute Gasteiger partial charge is 0.270 e. The molecule has 1 aliphatic heterocycles. The molecule has 0 aromatic carbocycles. The molecular formula is C12H19BrN4O2. The first-order valence-corrected chi connectivity index (χ1v) is 7.16. The average molecular weight is 331 g/mol. The molecule has 1 saturated heterocycles. The van der Waals surface area contributed by atoms with Crippen molar-refractivity contribution < 1.29 is 9.53 Å². The van der Waals surface area contributed by atoms with E-state index in [1.54, 1.807) is 11.7 Å². The number of aromatic nitrogens is 2. The van der Waals surface area contributed by atoms with Crippen LogP contribution in [0.25, 0.3) is 0 Å². The molecule has 1 fully saturated rings. The van der Waals surface area contributed by atoms with Gasteiger partial charge in [-0.15, -0.1) is 0 Å². The Morgan fingerprint density at radius 2 is 2.16 bits per heavy atom. The Hall–Kier alpha value is -0.920. The molecule has 0 bridgehead atoms. The van der Waals surface area contributed by atoms with Crippen LogP contribution in [0.15, 0.2) is 4.47 Å². The predicted molar refractivity (Wildman–Crippen MR) is 75.2 cm³/mol. The van der Waals surface area contributed by atoms with Gasteiger partial charge in [0.2, 0.25) is 0 Å². The molecule has 1 amide bonds. The van der Waals surface area contributed by atoms with Crippen LogP contribution < -0.4 is 5.32 Å². The fraction of sp³-hybridized carbons (Fsp3) is 0.667. The highest BCUT2D eigenvalue weighted by molar-refractivity contribution is 9.10. The van der Waals surface area contributed by atoms with Crippen molar-refractivity contribution in [3.05, 3.63) is 15.9 Å². The zero-order chi connectivity index (χ0) is 13.8. The van der Waals surface area contributed by atoms with E-state index < -0.39 is 0 Å². The van der Waals surface area contributed by atoms with E-state index in [0.717, 1.165) is 43.0 Å². The highest BCUT2D eigenvalue weighted by Crippen LogP contribution is 2.19. The number of amides is 1. The van der Waals surface area contributed by atoms with E-state index in [0.29, 0.717) is 12.2 Å². The van der Waals surface area contributed by atoms with Gasteiger partial charge in [-0.05, 0) is 22.9 Å². The van der Waals surface area contributed by atoms with Crippen LogP contribution in [0, 0.1) is 6.92 Å². The van der Waals surface area contributed by atoms with Crippen molar-refractivity contribution in [3.63, 3.8) is 0 Å². The molecule has 1 aromatic heterocycles. The Labute approximate surface area is 121 Å². The number of ether oxygens (including phenoxy) is 1. The third-order valence-corrected chi connectivity index (χ3v) is 4.13. The minimum Gasteiger partial charge on any atom is -0.379 e. The van der Waals surface area contributed by atoms with Crippen LogP contribution in [0.5, 0.6) is 0 Å². The molecule has 0 atom stereocenters. The summed E-state index contributed by atoms with van der Waals surface area (Å²) in [5.41, 5.74) is 1.39. The van der Waals surface area contributed by atoms with Gasteiger partial charge in [0.25, 0.3) is 5.91 Å². The molecule has 19 heavy (non-hydrogen) atoms. The van der Waals surface area contributed by atoms with E-state index in [4.69, 9.17) is 4.74 Å². The standard InChI is InChI=1S/C12H19BrN4O2/c1-9-10(13)11(16(2)15-9)12(18)14-3-4-17-5-7-19-8-6-17/h3-8H2,1-2H3,(H,14,18). The fourth-order valence-corrected chi connectivity index (χ4v) is 2.63. The maximum Gasteiger partial charge on any atom is 0.270 e. The molecule has 2 rings (SSSR count). The number of hydrogen-bond acceptors (Lipinski definition) is 4. The first-order chi connectivity index (χ1) is 9.09. The van der Waals surface area contributed by atoms with E-state index in [1.807, 2.05) is 6.92 Å². The second-order valence-electron chi connectivity index (χ2n) is 4.58. The number of hydrogen-bond donors (Lipinski definition) is 1. The summed E-state index contributed by atoms with van der Waals surface area (Å²) in [5, 5.41) is 7.14. The van der Waals surface area contributed by atoms with Gasteiger partial charge in [0.1, 0.15) is 5.69 Å². The van der Waals surface area contributed by atoms with Crippen LogP contribution in [-0.2, 0) is 11.8 Å². The first kappa shape index (κ1) is 14.5. The van der Waals surface area contributed by atoms with Crippen molar-refractivity contribution in [2.45, 2.75) is 6.92 Å². The molecule has 6 nitrogen and oxygen atoms in total. The quantitative estimate of drug-likeness (QED) is 0.876. The summed E-state index contributed by atoms with van der Waals surface area (Å²) in [5.74, 6) is -0.0942. The van der Waals surface area contributed by atoms with Crippen molar-refractivity contribution in [2.24, 2.45) is 7.05 Å². The molecule has 1 aromatic rings. The van der Waals surface area contributed by atoms with Gasteiger partial charge in [-0.25, -0.2) is 0 Å². The Morgan fingerprint density at radius 1 is 1.47 bits per heavy atom. The number of nitrogens with one attached hydrogen (secondary N) is 1. The number of rotatable bonds is 4. The zero-order valence-electron chi connectivity index (χ0n) is 11.3. The number of carbonyl (C=O) groups is 1. The Bertz CT molecular complexity index is 455. The molecule has 106 valence electrons. The lowest BCUT2D eigenvalue weighted by atomic mass is 10.3. The summed E-state index contributed by atoms with van der Waals surface area (Å²) < 4.78 is 7.65. The lowest BCUT2D eigenvalue weighted by molar-refractivity contribution is 0.0383. The summed E-state index contributed by atoms with van der Waals surface area (Å²) >= 11 is 3.40. The van der Waals surface area contributed by atoms with Crippen molar-refractivity contribution in [1.82, 2.24) is 20.0 Å². The summed E-state index contributed by atoms with van der Waals surface area (Å²) in [6.07, 6.45) is 0. The van der Waals surface area contributed by atoms with Crippen LogP contribution in [0.3, 0.4) is 0 Å². The molecule has 1 aliphatic rings. The highest BCUT2D eigenvalue weighted by Gasteiger charge is 2.18. The molecule has 0 radical (unpaired) electrons. The average Bonchev–Trinajstić information content (AvgIpc) is 2.64. The van der Waals surface area contributed by atoms with Crippen LogP contribution >= 0.6 is 15.9 Å². The monoisotopic (exact) mass is 330 g/mol. The van der Waals surface area contributed by atoms with E-state index in [9.17, 15) is 4.79 Å². The molecule has 0 spiro atoms. The van der Waals surface area contributed by atoms with E-state index in [-0.39, 0.29) is 5.91 Å². The van der Waals surface area contributed by atoms with E-state index in [1.165, 1.54) is 0 Å². The fourth-order valence-electron chi connectivity index (χ4n) is 2.11. The van der Waals surface area contributed by atoms with Gasteiger partial charge in [-0.3, -0.25) is 14.4 Å². The van der Waals surface area contributed by atoms with Crippen molar-refractivity contribution in [2.75, 3.05) is 39.4 Å². The Morgan fingerprint density at radius 3 is 2.74 bits per heavy atom. The topological polar surface area (TPSA) is 59.4 Å². The second-order valence-corrected chi connectivity index (χ2v) is 5.37. The predicted octanol–water partition coefficient (Wildman–Crippen LogP) is 0.553. The van der Waals surface area contributed by atoms with Gasteiger partial charge in [-0.1, -0.05) is 0 Å². The molecule has 0 aliphatic carbocycles. The van der Waals surface area contributed by atoms with E-state index in [2.05, 4.69) is 31.2 Å². The number of nitrogens with zero attached hydrogens (tertiary/aromatic N) is 3. The van der Waals surface area contributed by atoms with Gasteiger partial charge < -0.3 is 10.1 Å². The summed E-state index contributed by atoms with van der Waals surface area (Å²) in [6.45, 7) is 6.78. The van der Waals surface area contributed by atoms with E-state index >= 15 is 0 Å². The molecular weight excluding hydrogens is 312 g/mol. The van der Waals surface area contributed by atoms with Crippen LogP contribution in [-0.4, -0.2) is 60.0 Å². The lowest BCUT2D eigenvalue weighted by Crippen LogP contribution is -2.41. The second kappa shape index (κ2) is 6.49. The minimum atomic E-state index is -0.0942.